The zero-order chi connectivity index (χ0) is 10.4. The molecule has 0 aliphatic heterocycles. The number of hydrogen-bond acceptors (Lipinski definition) is 2. The number of unbranched alkanes of at least 4 members (excludes halogenated alkanes) is 1. The van der Waals surface area contributed by atoms with Crippen molar-refractivity contribution in [1.29, 1.82) is 0 Å². The van der Waals surface area contributed by atoms with E-state index in [1.807, 2.05) is 11.3 Å². The summed E-state index contributed by atoms with van der Waals surface area (Å²) in [5.74, 6) is 0. The van der Waals surface area contributed by atoms with Crippen molar-refractivity contribution in [1.82, 2.24) is 0 Å². The van der Waals surface area contributed by atoms with E-state index in [1.165, 1.54) is 17.7 Å². The number of thiophene rings is 1. The highest BCUT2D eigenvalue weighted by Crippen LogP contribution is 2.23. The van der Waals surface area contributed by atoms with Gasteiger partial charge in [-0.1, -0.05) is 32.8 Å². The van der Waals surface area contributed by atoms with Crippen LogP contribution in [-0.2, 0) is 6.42 Å². The average Bonchev–Trinajstić information content (AvgIpc) is 2.67. The molecule has 0 amide bonds. The van der Waals surface area contributed by atoms with Crippen LogP contribution in [0.5, 0.6) is 0 Å². The van der Waals surface area contributed by atoms with Crippen LogP contribution in [0.2, 0.25) is 0 Å². The van der Waals surface area contributed by atoms with Gasteiger partial charge in [0, 0.05) is 10.4 Å². The lowest BCUT2D eigenvalue weighted by molar-refractivity contribution is 0.367. The van der Waals surface area contributed by atoms with Gasteiger partial charge in [-0.15, -0.1) is 11.3 Å². The molecule has 1 nitrogen and oxygen atoms in total. The van der Waals surface area contributed by atoms with Crippen molar-refractivity contribution in [2.45, 2.75) is 51.5 Å². The molecule has 0 bridgehead atoms. The highest BCUT2D eigenvalue weighted by molar-refractivity contribution is 7.09. The van der Waals surface area contributed by atoms with Gasteiger partial charge in [0.2, 0.25) is 0 Å². The quantitative estimate of drug-likeness (QED) is 0.764. The predicted octanol–water partition coefficient (Wildman–Crippen LogP) is 3.59. The lowest BCUT2D eigenvalue weighted by Gasteiger charge is -2.27. The molecule has 1 rings (SSSR count). The second-order valence-corrected chi connectivity index (χ2v) is 5.11. The number of rotatable bonds is 6. The molecular weight excluding hydrogens is 190 g/mol. The fourth-order valence-electron chi connectivity index (χ4n) is 1.68. The van der Waals surface area contributed by atoms with Crippen molar-refractivity contribution in [2.75, 3.05) is 0 Å². The van der Waals surface area contributed by atoms with Crippen molar-refractivity contribution < 1.29 is 0 Å². The van der Waals surface area contributed by atoms with Crippen molar-refractivity contribution in [3.05, 3.63) is 22.4 Å². The molecule has 1 heterocycles. The van der Waals surface area contributed by atoms with E-state index in [4.69, 9.17) is 5.73 Å². The SMILES string of the molecule is CCCCC(N)(CC)Cc1cccs1. The van der Waals surface area contributed by atoms with E-state index >= 15 is 0 Å². The van der Waals surface area contributed by atoms with Crippen LogP contribution in [-0.4, -0.2) is 5.54 Å². The van der Waals surface area contributed by atoms with Gasteiger partial charge in [-0.2, -0.15) is 0 Å². The van der Waals surface area contributed by atoms with Crippen LogP contribution < -0.4 is 5.73 Å². The number of nitrogens with two attached hydrogens (primary N) is 1. The average molecular weight is 211 g/mol. The fraction of sp³-hybridized carbons (Fsp3) is 0.667. The van der Waals surface area contributed by atoms with E-state index < -0.39 is 0 Å². The maximum Gasteiger partial charge on any atom is 0.0200 e. The second-order valence-electron chi connectivity index (χ2n) is 4.08. The zero-order valence-corrected chi connectivity index (χ0v) is 10.1. The van der Waals surface area contributed by atoms with Gasteiger partial charge in [-0.05, 0) is 30.7 Å². The van der Waals surface area contributed by atoms with Gasteiger partial charge in [-0.25, -0.2) is 0 Å². The minimum Gasteiger partial charge on any atom is -0.325 e. The van der Waals surface area contributed by atoms with E-state index in [0.29, 0.717) is 0 Å². The summed E-state index contributed by atoms with van der Waals surface area (Å²) < 4.78 is 0. The van der Waals surface area contributed by atoms with Gasteiger partial charge in [0.05, 0.1) is 0 Å². The minimum absolute atomic E-state index is 0.0286. The Morgan fingerprint density at radius 3 is 2.71 bits per heavy atom. The van der Waals surface area contributed by atoms with Crippen LogP contribution in [0.25, 0.3) is 0 Å². The molecule has 0 aliphatic rings. The van der Waals surface area contributed by atoms with Crippen LogP contribution in [0.1, 0.15) is 44.4 Å². The maximum atomic E-state index is 6.38. The zero-order valence-electron chi connectivity index (χ0n) is 9.25. The second kappa shape index (κ2) is 5.52. The normalized spacial score (nSPS) is 15.4. The highest BCUT2D eigenvalue weighted by atomic mass is 32.1. The van der Waals surface area contributed by atoms with Gasteiger partial charge in [0.25, 0.3) is 0 Å². The summed E-state index contributed by atoms with van der Waals surface area (Å²) in [6.45, 7) is 4.42. The third kappa shape index (κ3) is 3.43. The molecule has 0 aliphatic carbocycles. The molecule has 80 valence electrons. The van der Waals surface area contributed by atoms with Gasteiger partial charge in [0.15, 0.2) is 0 Å². The summed E-state index contributed by atoms with van der Waals surface area (Å²) in [6, 6.07) is 4.30. The van der Waals surface area contributed by atoms with Crippen LogP contribution in [0.15, 0.2) is 17.5 Å². The lowest BCUT2D eigenvalue weighted by atomic mass is 9.87. The summed E-state index contributed by atoms with van der Waals surface area (Å²) in [5.41, 5.74) is 6.41. The Morgan fingerprint density at radius 1 is 1.43 bits per heavy atom. The summed E-state index contributed by atoms with van der Waals surface area (Å²) in [4.78, 5) is 1.42. The Labute approximate surface area is 91.3 Å². The Morgan fingerprint density at radius 2 is 2.21 bits per heavy atom. The van der Waals surface area contributed by atoms with Crippen molar-refractivity contribution in [2.24, 2.45) is 5.73 Å². The van der Waals surface area contributed by atoms with Gasteiger partial charge in [0.1, 0.15) is 0 Å². The molecule has 0 aromatic carbocycles. The molecule has 2 N–H and O–H groups in total. The van der Waals surface area contributed by atoms with Gasteiger partial charge >= 0.3 is 0 Å². The molecule has 2 heteroatoms. The van der Waals surface area contributed by atoms with E-state index in [0.717, 1.165) is 19.3 Å². The smallest absolute Gasteiger partial charge is 0.0200 e. The molecule has 1 atom stereocenters. The third-order valence-electron chi connectivity index (χ3n) is 2.84. The monoisotopic (exact) mass is 211 g/mol. The molecular formula is C12H21NS. The Hall–Kier alpha value is -0.340. The Balaban J connectivity index is 2.52. The molecule has 1 aromatic heterocycles. The first-order valence-electron chi connectivity index (χ1n) is 5.51. The van der Waals surface area contributed by atoms with Crippen LogP contribution in [0.3, 0.4) is 0 Å². The van der Waals surface area contributed by atoms with Crippen LogP contribution >= 0.6 is 11.3 Å². The van der Waals surface area contributed by atoms with Crippen LogP contribution in [0, 0.1) is 0 Å². The topological polar surface area (TPSA) is 26.0 Å². The molecule has 1 unspecified atom stereocenters. The largest absolute Gasteiger partial charge is 0.325 e. The first kappa shape index (κ1) is 11.7. The van der Waals surface area contributed by atoms with E-state index in [-0.39, 0.29) is 5.54 Å². The highest BCUT2D eigenvalue weighted by Gasteiger charge is 2.22. The summed E-state index contributed by atoms with van der Waals surface area (Å²) in [5, 5.41) is 2.13. The van der Waals surface area contributed by atoms with Crippen LogP contribution in [0.4, 0.5) is 0 Å². The summed E-state index contributed by atoms with van der Waals surface area (Å²) in [6.07, 6.45) is 5.75. The van der Waals surface area contributed by atoms with E-state index in [2.05, 4.69) is 31.4 Å². The molecule has 1 aromatic rings. The molecule has 0 fully saturated rings. The molecule has 0 radical (unpaired) electrons. The van der Waals surface area contributed by atoms with Gasteiger partial charge < -0.3 is 5.73 Å². The Kier molecular flexibility index (Phi) is 4.63. The minimum atomic E-state index is 0.0286. The van der Waals surface area contributed by atoms with Crippen molar-refractivity contribution in [3.8, 4) is 0 Å². The molecule has 0 spiro atoms. The van der Waals surface area contributed by atoms with E-state index in [9.17, 15) is 0 Å². The fourth-order valence-corrected chi connectivity index (χ4v) is 2.54. The Bertz CT molecular complexity index is 243. The predicted molar refractivity (Wildman–Crippen MR) is 64.8 cm³/mol. The number of hydrogen-bond donors (Lipinski definition) is 1. The molecule has 0 saturated carbocycles. The van der Waals surface area contributed by atoms with Crippen molar-refractivity contribution in [3.63, 3.8) is 0 Å². The standard InChI is InChI=1S/C12H21NS/c1-3-5-8-12(13,4-2)10-11-7-6-9-14-11/h6-7,9H,3-5,8,10,13H2,1-2H3. The summed E-state index contributed by atoms with van der Waals surface area (Å²) in [7, 11) is 0. The summed E-state index contributed by atoms with van der Waals surface area (Å²) >= 11 is 1.82. The van der Waals surface area contributed by atoms with Gasteiger partial charge in [-0.3, -0.25) is 0 Å². The first-order chi connectivity index (χ1) is 6.70. The maximum absolute atomic E-state index is 6.38. The molecule has 0 saturated heterocycles. The third-order valence-corrected chi connectivity index (χ3v) is 3.72. The first-order valence-corrected chi connectivity index (χ1v) is 6.39. The van der Waals surface area contributed by atoms with Crippen molar-refractivity contribution >= 4 is 11.3 Å². The van der Waals surface area contributed by atoms with E-state index in [1.54, 1.807) is 0 Å². The lowest BCUT2D eigenvalue weighted by Crippen LogP contribution is -2.41. The molecule has 14 heavy (non-hydrogen) atoms.